The van der Waals surface area contributed by atoms with Crippen LogP contribution in [-0.4, -0.2) is 60.3 Å². The van der Waals surface area contributed by atoms with Crippen LogP contribution in [-0.2, 0) is 28.6 Å². The Morgan fingerprint density at radius 3 is 2.85 bits per heavy atom. The number of carbonyl (C=O) groups is 3. The maximum absolute atomic E-state index is 12.8. The van der Waals surface area contributed by atoms with Crippen molar-refractivity contribution < 1.29 is 28.6 Å². The number of carbonyl (C=O) groups excluding carboxylic acids is 3. The lowest BCUT2D eigenvalue weighted by molar-refractivity contribution is -0.174. The molecular weight excluding hydrogens is 350 g/mol. The van der Waals surface area contributed by atoms with Crippen molar-refractivity contribution in [3.8, 4) is 0 Å². The van der Waals surface area contributed by atoms with Crippen molar-refractivity contribution in [1.82, 2.24) is 4.90 Å². The van der Waals surface area contributed by atoms with Crippen LogP contribution in [0.3, 0.4) is 0 Å². The van der Waals surface area contributed by atoms with E-state index in [9.17, 15) is 14.4 Å². The van der Waals surface area contributed by atoms with E-state index >= 15 is 0 Å². The van der Waals surface area contributed by atoms with Crippen LogP contribution in [0.25, 0.3) is 0 Å². The number of ether oxygens (including phenoxy) is 3. The summed E-state index contributed by atoms with van der Waals surface area (Å²) in [4.78, 5) is 39.3. The van der Waals surface area contributed by atoms with Gasteiger partial charge in [0, 0.05) is 32.0 Å². The fourth-order valence-electron chi connectivity index (χ4n) is 3.86. The van der Waals surface area contributed by atoms with Crippen molar-refractivity contribution in [2.45, 2.75) is 51.4 Å². The van der Waals surface area contributed by atoms with Crippen molar-refractivity contribution in [1.29, 1.82) is 0 Å². The molecule has 2 fully saturated rings. The van der Waals surface area contributed by atoms with E-state index in [0.717, 1.165) is 25.1 Å². The van der Waals surface area contributed by atoms with Crippen LogP contribution in [0.1, 0.15) is 33.6 Å². The third kappa shape index (κ3) is 3.56. The van der Waals surface area contributed by atoms with Gasteiger partial charge in [-0.05, 0) is 31.4 Å². The Labute approximate surface area is 158 Å². The van der Waals surface area contributed by atoms with Crippen molar-refractivity contribution in [2.24, 2.45) is 0 Å². The molecule has 0 amide bonds. The number of esters is 3. The smallest absolute Gasteiger partial charge is 0.355 e. The number of nitrogens with zero attached hydrogens (tertiary/aromatic N) is 1. The van der Waals surface area contributed by atoms with Crippen molar-refractivity contribution >= 4 is 17.9 Å². The van der Waals surface area contributed by atoms with Crippen LogP contribution in [0.2, 0.25) is 0 Å². The molecule has 27 heavy (non-hydrogen) atoms. The van der Waals surface area contributed by atoms with Gasteiger partial charge < -0.3 is 14.2 Å². The van der Waals surface area contributed by atoms with E-state index in [1.807, 2.05) is 6.08 Å². The Morgan fingerprint density at radius 2 is 2.19 bits per heavy atom. The molecule has 0 radical (unpaired) electrons. The molecule has 3 atom stereocenters. The number of allylic oxidation sites excluding steroid dienone is 1. The number of hydrogen-bond donors (Lipinski definition) is 0. The van der Waals surface area contributed by atoms with E-state index in [0.29, 0.717) is 5.57 Å². The zero-order chi connectivity index (χ0) is 19.8. The molecule has 3 aliphatic rings. The van der Waals surface area contributed by atoms with Gasteiger partial charge in [0.25, 0.3) is 0 Å². The van der Waals surface area contributed by atoms with Crippen LogP contribution < -0.4 is 0 Å². The lowest BCUT2D eigenvalue weighted by Gasteiger charge is -2.31. The Bertz CT molecular complexity index is 752. The first-order valence-corrected chi connectivity index (χ1v) is 9.10. The molecule has 0 aromatic carbocycles. The van der Waals surface area contributed by atoms with Crippen molar-refractivity contribution in [3.05, 3.63) is 35.5 Å². The molecule has 3 heterocycles. The minimum Gasteiger partial charge on any atom is -0.458 e. The highest BCUT2D eigenvalue weighted by Gasteiger charge is 2.46. The molecule has 0 aliphatic carbocycles. The van der Waals surface area contributed by atoms with Gasteiger partial charge in [0.1, 0.15) is 12.7 Å². The van der Waals surface area contributed by atoms with Gasteiger partial charge in [0.15, 0.2) is 0 Å². The summed E-state index contributed by atoms with van der Waals surface area (Å²) < 4.78 is 16.6. The van der Waals surface area contributed by atoms with Gasteiger partial charge in [0.05, 0.1) is 6.04 Å². The molecule has 0 spiro atoms. The molecule has 7 heteroatoms. The maximum atomic E-state index is 12.8. The fourth-order valence-corrected chi connectivity index (χ4v) is 3.86. The molecule has 3 unspecified atom stereocenters. The minimum atomic E-state index is -1.67. The molecule has 0 bridgehead atoms. The summed E-state index contributed by atoms with van der Waals surface area (Å²) in [6, 6.07) is -0.0811. The van der Waals surface area contributed by atoms with Gasteiger partial charge in [0.2, 0.25) is 5.60 Å². The summed E-state index contributed by atoms with van der Waals surface area (Å²) in [5.74, 6) is -1.76. The van der Waals surface area contributed by atoms with Crippen LogP contribution in [0.4, 0.5) is 0 Å². The number of cyclic esters (lactones) is 1. The second kappa shape index (κ2) is 7.31. The van der Waals surface area contributed by atoms with Gasteiger partial charge >= 0.3 is 17.9 Å². The van der Waals surface area contributed by atoms with Gasteiger partial charge in [-0.2, -0.15) is 0 Å². The Kier molecular flexibility index (Phi) is 5.24. The molecule has 0 saturated carbocycles. The average Bonchev–Trinajstić information content (AvgIpc) is 3.18. The molecule has 7 nitrogen and oxygen atoms in total. The molecule has 2 saturated heterocycles. The second-order valence-corrected chi connectivity index (χ2v) is 7.25. The summed E-state index contributed by atoms with van der Waals surface area (Å²) in [6.45, 7) is 9.89. The third-order valence-corrected chi connectivity index (χ3v) is 5.47. The molecule has 3 rings (SSSR count). The summed E-state index contributed by atoms with van der Waals surface area (Å²) in [5.41, 5.74) is -0.142. The van der Waals surface area contributed by atoms with Gasteiger partial charge in [-0.15, -0.1) is 0 Å². The second-order valence-electron chi connectivity index (χ2n) is 7.25. The molecule has 0 aromatic rings. The molecule has 0 N–H and O–H groups in total. The summed E-state index contributed by atoms with van der Waals surface area (Å²) in [6.07, 6.45) is 4.16. The molecular formula is C20H25NO6. The van der Waals surface area contributed by atoms with Gasteiger partial charge in [-0.3, -0.25) is 9.69 Å². The predicted octanol–water partition coefficient (Wildman–Crippen LogP) is 1.68. The number of hydrogen-bond acceptors (Lipinski definition) is 7. The monoisotopic (exact) mass is 375 g/mol. The van der Waals surface area contributed by atoms with E-state index in [-0.39, 0.29) is 30.7 Å². The highest BCUT2D eigenvalue weighted by molar-refractivity contribution is 5.91. The van der Waals surface area contributed by atoms with E-state index < -0.39 is 23.5 Å². The first-order chi connectivity index (χ1) is 12.8. The van der Waals surface area contributed by atoms with Crippen LogP contribution in [0.15, 0.2) is 35.5 Å². The lowest BCUT2D eigenvalue weighted by atomic mass is 9.90. The quantitative estimate of drug-likeness (QED) is 0.298. The van der Waals surface area contributed by atoms with Crippen LogP contribution >= 0.6 is 0 Å². The SMILES string of the molecule is C=C1C/C(=C/C)C(=O)OC2CCN3CC=C(COC(=O)C1(C)OC(C)=O)C23. The normalized spacial score (nSPS) is 33.5. The van der Waals surface area contributed by atoms with Gasteiger partial charge in [-0.25, -0.2) is 9.59 Å². The minimum absolute atomic E-state index is 0.0536. The average molecular weight is 375 g/mol. The first-order valence-electron chi connectivity index (χ1n) is 9.10. The highest BCUT2D eigenvalue weighted by Crippen LogP contribution is 2.34. The Morgan fingerprint density at radius 1 is 1.44 bits per heavy atom. The molecule has 146 valence electrons. The van der Waals surface area contributed by atoms with E-state index in [1.165, 1.54) is 13.8 Å². The predicted molar refractivity (Wildman–Crippen MR) is 96.6 cm³/mol. The molecule has 3 aliphatic heterocycles. The highest BCUT2D eigenvalue weighted by atomic mass is 16.6. The number of rotatable bonds is 1. The first kappa shape index (κ1) is 19.4. The Balaban J connectivity index is 1.95. The maximum Gasteiger partial charge on any atom is 0.355 e. The summed E-state index contributed by atoms with van der Waals surface area (Å²) >= 11 is 0. The standard InChI is InChI=1S/C20H25NO6/c1-5-14-10-12(2)20(4,27-13(3)22)19(24)25-11-15-6-8-21-9-7-16(17(15)21)26-18(14)23/h5-6,16-17H,2,7-11H2,1,3-4H3/b14-5-. The zero-order valence-corrected chi connectivity index (χ0v) is 15.9. The van der Waals surface area contributed by atoms with Gasteiger partial charge in [-0.1, -0.05) is 18.7 Å². The van der Waals surface area contributed by atoms with Crippen molar-refractivity contribution in [2.75, 3.05) is 19.7 Å². The Hall–Kier alpha value is -2.41. The van der Waals surface area contributed by atoms with E-state index in [2.05, 4.69) is 11.5 Å². The molecule has 0 aromatic heterocycles. The third-order valence-electron chi connectivity index (χ3n) is 5.47. The van der Waals surface area contributed by atoms with Crippen LogP contribution in [0.5, 0.6) is 0 Å². The van der Waals surface area contributed by atoms with E-state index in [4.69, 9.17) is 14.2 Å². The topological polar surface area (TPSA) is 82.1 Å². The summed E-state index contributed by atoms with van der Waals surface area (Å²) in [7, 11) is 0. The van der Waals surface area contributed by atoms with Crippen molar-refractivity contribution in [3.63, 3.8) is 0 Å². The summed E-state index contributed by atoms with van der Waals surface area (Å²) in [5, 5.41) is 0. The largest absolute Gasteiger partial charge is 0.458 e. The zero-order valence-electron chi connectivity index (χ0n) is 15.9. The fraction of sp³-hybridized carbons (Fsp3) is 0.550. The van der Waals surface area contributed by atoms with Crippen LogP contribution in [0, 0.1) is 0 Å². The lowest BCUT2D eigenvalue weighted by Crippen LogP contribution is -2.45. The van der Waals surface area contributed by atoms with E-state index in [1.54, 1.807) is 13.0 Å².